The van der Waals surface area contributed by atoms with E-state index in [4.69, 9.17) is 10.9 Å². The van der Waals surface area contributed by atoms with Gasteiger partial charge in [-0.05, 0) is 6.07 Å². The molecular formula is C9H14N4O. The van der Waals surface area contributed by atoms with Gasteiger partial charge in [-0.2, -0.15) is 0 Å². The van der Waals surface area contributed by atoms with Crippen molar-refractivity contribution < 1.29 is 5.21 Å². The molecule has 0 aromatic carbocycles. The molecule has 0 unspecified atom stereocenters. The molecule has 0 saturated heterocycles. The first-order chi connectivity index (χ1) is 6.45. The van der Waals surface area contributed by atoms with Crippen LogP contribution < -0.4 is 5.73 Å². The molecule has 1 aromatic heterocycles. The first-order valence-corrected chi connectivity index (χ1v) is 4.25. The second-order valence-electron chi connectivity index (χ2n) is 4.02. The number of oxime groups is 1. The van der Waals surface area contributed by atoms with Gasteiger partial charge >= 0.3 is 0 Å². The van der Waals surface area contributed by atoms with Crippen LogP contribution in [0.2, 0.25) is 0 Å². The maximum atomic E-state index is 8.48. The summed E-state index contributed by atoms with van der Waals surface area (Å²) in [6.45, 7) is 6.10. The van der Waals surface area contributed by atoms with Crippen molar-refractivity contribution in [2.45, 2.75) is 26.2 Å². The van der Waals surface area contributed by atoms with Crippen molar-refractivity contribution >= 4 is 5.84 Å². The highest BCUT2D eigenvalue weighted by atomic mass is 16.4. The normalized spacial score (nSPS) is 12.9. The second kappa shape index (κ2) is 3.61. The molecule has 5 heteroatoms. The lowest BCUT2D eigenvalue weighted by atomic mass is 9.91. The van der Waals surface area contributed by atoms with E-state index in [1.807, 2.05) is 20.8 Å². The molecule has 0 atom stereocenters. The summed E-state index contributed by atoms with van der Waals surface area (Å²) in [5.41, 5.74) is 6.63. The maximum absolute atomic E-state index is 8.48. The smallest absolute Gasteiger partial charge is 0.188 e. The molecule has 0 aliphatic rings. The van der Waals surface area contributed by atoms with Crippen LogP contribution in [0.1, 0.15) is 32.2 Å². The minimum Gasteiger partial charge on any atom is -0.409 e. The van der Waals surface area contributed by atoms with Crippen molar-refractivity contribution in [3.8, 4) is 0 Å². The molecule has 0 spiro atoms. The molecule has 0 saturated carbocycles. The van der Waals surface area contributed by atoms with E-state index < -0.39 is 0 Å². The molecule has 0 aliphatic heterocycles. The summed E-state index contributed by atoms with van der Waals surface area (Å²) >= 11 is 0. The van der Waals surface area contributed by atoms with E-state index in [9.17, 15) is 0 Å². The van der Waals surface area contributed by atoms with Crippen LogP contribution in [-0.4, -0.2) is 21.0 Å². The van der Waals surface area contributed by atoms with Crippen LogP contribution in [0.3, 0.4) is 0 Å². The number of nitrogens with zero attached hydrogens (tertiary/aromatic N) is 3. The van der Waals surface area contributed by atoms with Gasteiger partial charge in [-0.15, -0.1) is 0 Å². The highest BCUT2D eigenvalue weighted by Crippen LogP contribution is 2.19. The van der Waals surface area contributed by atoms with Crippen molar-refractivity contribution in [1.82, 2.24) is 9.97 Å². The molecule has 76 valence electrons. The third-order valence-electron chi connectivity index (χ3n) is 1.81. The van der Waals surface area contributed by atoms with Crippen molar-refractivity contribution in [1.29, 1.82) is 0 Å². The predicted molar refractivity (Wildman–Crippen MR) is 53.2 cm³/mol. The first-order valence-electron chi connectivity index (χ1n) is 4.25. The molecule has 0 amide bonds. The van der Waals surface area contributed by atoms with Gasteiger partial charge in [-0.3, -0.25) is 0 Å². The first kappa shape index (κ1) is 10.4. The van der Waals surface area contributed by atoms with Crippen molar-refractivity contribution in [2.24, 2.45) is 10.9 Å². The van der Waals surface area contributed by atoms with E-state index in [0.717, 1.165) is 5.69 Å². The summed E-state index contributed by atoms with van der Waals surface area (Å²) in [5.74, 6) is -0.00194. The van der Waals surface area contributed by atoms with Crippen LogP contribution >= 0.6 is 0 Å². The Morgan fingerprint density at radius 1 is 1.43 bits per heavy atom. The molecular weight excluding hydrogens is 180 g/mol. The average Bonchev–Trinajstić information content (AvgIpc) is 2.15. The van der Waals surface area contributed by atoms with Crippen molar-refractivity contribution in [2.75, 3.05) is 0 Å². The van der Waals surface area contributed by atoms with Crippen LogP contribution in [0, 0.1) is 0 Å². The quantitative estimate of drug-likeness (QED) is 0.300. The fourth-order valence-corrected chi connectivity index (χ4v) is 0.959. The minimum absolute atomic E-state index is 0.00194. The van der Waals surface area contributed by atoms with Gasteiger partial charge in [0, 0.05) is 11.1 Å². The zero-order valence-electron chi connectivity index (χ0n) is 8.52. The van der Waals surface area contributed by atoms with Crippen molar-refractivity contribution in [3.63, 3.8) is 0 Å². The number of hydrogen-bond acceptors (Lipinski definition) is 4. The van der Waals surface area contributed by atoms with E-state index in [1.165, 1.54) is 6.33 Å². The minimum atomic E-state index is -0.0760. The molecule has 0 bridgehead atoms. The summed E-state index contributed by atoms with van der Waals surface area (Å²) in [4.78, 5) is 8.02. The Balaban J connectivity index is 3.14. The van der Waals surface area contributed by atoms with Gasteiger partial charge < -0.3 is 10.9 Å². The van der Waals surface area contributed by atoms with Crippen LogP contribution in [0.15, 0.2) is 17.5 Å². The Hall–Kier alpha value is -1.65. The standard InChI is InChI=1S/C9H14N4O/c1-9(2,3)7-4-6(8(10)13-14)11-5-12-7/h4-5,14H,1-3H3,(H2,10,13). The average molecular weight is 194 g/mol. The summed E-state index contributed by atoms with van der Waals surface area (Å²) in [6, 6.07) is 1.72. The van der Waals surface area contributed by atoms with E-state index in [1.54, 1.807) is 6.07 Å². The van der Waals surface area contributed by atoms with Gasteiger partial charge in [-0.25, -0.2) is 9.97 Å². The van der Waals surface area contributed by atoms with E-state index in [0.29, 0.717) is 5.69 Å². The number of amidine groups is 1. The van der Waals surface area contributed by atoms with Crippen LogP contribution in [-0.2, 0) is 5.41 Å². The number of aromatic nitrogens is 2. The summed E-state index contributed by atoms with van der Waals surface area (Å²) in [5, 5.41) is 11.4. The van der Waals surface area contributed by atoms with Gasteiger partial charge in [0.15, 0.2) is 5.84 Å². The van der Waals surface area contributed by atoms with E-state index in [-0.39, 0.29) is 11.3 Å². The second-order valence-corrected chi connectivity index (χ2v) is 4.02. The Bertz CT molecular complexity index is 354. The summed E-state index contributed by atoms with van der Waals surface area (Å²) in [7, 11) is 0. The highest BCUT2D eigenvalue weighted by molar-refractivity contribution is 5.95. The lowest BCUT2D eigenvalue weighted by Crippen LogP contribution is -2.19. The van der Waals surface area contributed by atoms with Crippen molar-refractivity contribution in [3.05, 3.63) is 23.8 Å². The summed E-state index contributed by atoms with van der Waals surface area (Å²) in [6.07, 6.45) is 1.41. The Kier molecular flexibility index (Phi) is 2.69. The Morgan fingerprint density at radius 2 is 2.07 bits per heavy atom. The SMILES string of the molecule is CC(C)(C)c1cc(/C(N)=N\O)ncn1. The summed E-state index contributed by atoms with van der Waals surface area (Å²) < 4.78 is 0. The van der Waals surface area contributed by atoms with Gasteiger partial charge in [0.2, 0.25) is 0 Å². The molecule has 0 radical (unpaired) electrons. The Morgan fingerprint density at radius 3 is 2.57 bits per heavy atom. The maximum Gasteiger partial charge on any atom is 0.188 e. The van der Waals surface area contributed by atoms with Gasteiger partial charge in [0.25, 0.3) is 0 Å². The predicted octanol–water partition coefficient (Wildman–Crippen LogP) is 0.869. The van der Waals surface area contributed by atoms with Gasteiger partial charge in [0.1, 0.15) is 12.0 Å². The zero-order valence-corrected chi connectivity index (χ0v) is 8.52. The monoisotopic (exact) mass is 194 g/mol. The molecule has 5 nitrogen and oxygen atoms in total. The fourth-order valence-electron chi connectivity index (χ4n) is 0.959. The van der Waals surface area contributed by atoms with Gasteiger partial charge in [0.05, 0.1) is 0 Å². The lowest BCUT2D eigenvalue weighted by Gasteiger charge is -2.17. The van der Waals surface area contributed by atoms with Crippen LogP contribution in [0.5, 0.6) is 0 Å². The van der Waals surface area contributed by atoms with Gasteiger partial charge in [-0.1, -0.05) is 25.9 Å². The molecule has 0 fully saturated rings. The molecule has 1 heterocycles. The number of rotatable bonds is 1. The third-order valence-corrected chi connectivity index (χ3v) is 1.81. The lowest BCUT2D eigenvalue weighted by molar-refractivity contribution is 0.318. The number of hydrogen-bond donors (Lipinski definition) is 2. The van der Waals surface area contributed by atoms with E-state index in [2.05, 4.69) is 15.1 Å². The highest BCUT2D eigenvalue weighted by Gasteiger charge is 2.16. The van der Waals surface area contributed by atoms with Crippen LogP contribution in [0.4, 0.5) is 0 Å². The third kappa shape index (κ3) is 2.18. The van der Waals surface area contributed by atoms with Crippen LogP contribution in [0.25, 0.3) is 0 Å². The molecule has 14 heavy (non-hydrogen) atoms. The Labute approximate surface area is 82.7 Å². The topological polar surface area (TPSA) is 84.4 Å². The number of nitrogens with two attached hydrogens (primary N) is 1. The molecule has 0 aliphatic carbocycles. The zero-order chi connectivity index (χ0) is 10.8. The van der Waals surface area contributed by atoms with E-state index >= 15 is 0 Å². The molecule has 1 aromatic rings. The fraction of sp³-hybridized carbons (Fsp3) is 0.444. The largest absolute Gasteiger partial charge is 0.409 e. The molecule has 1 rings (SSSR count). The molecule has 3 N–H and O–H groups in total.